The Hall–Kier alpha value is -2.67. The molecule has 2 amide bonds. The number of fused-ring (bicyclic) bond motifs is 1. The molecule has 1 aliphatic heterocycles. The molecule has 1 aromatic carbocycles. The summed E-state index contributed by atoms with van der Waals surface area (Å²) in [7, 11) is 1.67. The third kappa shape index (κ3) is 2.78. The highest BCUT2D eigenvalue weighted by molar-refractivity contribution is 6.08. The average Bonchev–Trinajstić information content (AvgIpc) is 3.12. The van der Waals surface area contributed by atoms with Crippen molar-refractivity contribution in [2.75, 3.05) is 19.7 Å². The minimum Gasteiger partial charge on any atom is -0.343 e. The molecule has 2 heterocycles. The first kappa shape index (κ1) is 16.2. The monoisotopic (exact) mass is 329 g/mol. The van der Waals surface area contributed by atoms with E-state index in [0.29, 0.717) is 35.2 Å². The number of hydrogen-bond acceptors (Lipinski definition) is 4. The van der Waals surface area contributed by atoms with Crippen molar-refractivity contribution in [1.29, 1.82) is 0 Å². The summed E-state index contributed by atoms with van der Waals surface area (Å²) in [6.07, 6.45) is 0.790. The average molecular weight is 329 g/mol. The zero-order valence-electron chi connectivity index (χ0n) is 13.7. The van der Waals surface area contributed by atoms with Crippen LogP contribution >= 0.6 is 0 Å². The maximum atomic E-state index is 12.6. The van der Waals surface area contributed by atoms with Crippen molar-refractivity contribution >= 4 is 22.7 Å². The molecule has 0 bridgehead atoms. The number of benzene rings is 1. The molecule has 0 atom stereocenters. The molecule has 7 heteroatoms. The van der Waals surface area contributed by atoms with Crippen LogP contribution in [0, 0.1) is 6.92 Å². The molecule has 3 rings (SSSR count). The third-order valence-electron chi connectivity index (χ3n) is 4.19. The van der Waals surface area contributed by atoms with Gasteiger partial charge < -0.3 is 9.88 Å². The Bertz CT molecular complexity index is 866. The first-order chi connectivity index (χ1) is 11.5. The molecule has 1 fully saturated rings. The number of nitrogens with one attached hydrogen (secondary N) is 1. The second-order valence-corrected chi connectivity index (χ2v) is 5.75. The van der Waals surface area contributed by atoms with E-state index in [9.17, 15) is 14.4 Å². The van der Waals surface area contributed by atoms with Gasteiger partial charge in [-0.3, -0.25) is 19.2 Å². The quantitative estimate of drug-likeness (QED) is 0.901. The van der Waals surface area contributed by atoms with E-state index in [4.69, 9.17) is 4.84 Å². The normalized spacial score (nSPS) is 14.2. The van der Waals surface area contributed by atoms with Crippen LogP contribution in [0.15, 0.2) is 29.1 Å². The minimum atomic E-state index is -0.436. The summed E-state index contributed by atoms with van der Waals surface area (Å²) in [4.78, 5) is 42.1. The second kappa shape index (κ2) is 6.45. The topological polar surface area (TPSA) is 80.6 Å². The summed E-state index contributed by atoms with van der Waals surface area (Å²) >= 11 is 0. The van der Waals surface area contributed by atoms with Crippen molar-refractivity contribution < 1.29 is 14.4 Å². The molecule has 7 nitrogen and oxygen atoms in total. The molecule has 1 aromatic heterocycles. The zero-order valence-corrected chi connectivity index (χ0v) is 13.7. The maximum absolute atomic E-state index is 12.6. The first-order valence-electron chi connectivity index (χ1n) is 7.80. The number of carbonyl (C=O) groups excluding carboxylic acids is 2. The lowest BCUT2D eigenvalue weighted by Gasteiger charge is -2.16. The van der Waals surface area contributed by atoms with Gasteiger partial charge in [-0.15, -0.1) is 0 Å². The smallest absolute Gasteiger partial charge is 0.265 e. The van der Waals surface area contributed by atoms with Crippen molar-refractivity contribution in [1.82, 2.24) is 14.9 Å². The molecule has 0 radical (unpaired) electrons. The molecule has 24 heavy (non-hydrogen) atoms. The van der Waals surface area contributed by atoms with Crippen molar-refractivity contribution in [3.05, 3.63) is 45.7 Å². The predicted octanol–water partition coefficient (Wildman–Crippen LogP) is 0.741. The molecule has 0 spiro atoms. The van der Waals surface area contributed by atoms with Gasteiger partial charge in [0.05, 0.1) is 30.8 Å². The fourth-order valence-corrected chi connectivity index (χ4v) is 2.92. The van der Waals surface area contributed by atoms with E-state index in [1.165, 1.54) is 9.63 Å². The standard InChI is InChI=1S/C17H19N3O4/c1-11-15(12-6-3-4-7-13(12)19(2)17(11)23)16(22)18-10-14(21)20-8-5-9-24-20/h3-4,6-7H,5,8-10H2,1-2H3,(H,18,22). The SMILES string of the molecule is Cc1c(C(=O)NCC(=O)N2CCCO2)c2ccccc2n(C)c1=O. The Labute approximate surface area is 138 Å². The fraction of sp³-hybridized carbons (Fsp3) is 0.353. The summed E-state index contributed by atoms with van der Waals surface area (Å²) in [5, 5.41) is 4.54. The van der Waals surface area contributed by atoms with E-state index >= 15 is 0 Å². The van der Waals surface area contributed by atoms with Crippen molar-refractivity contribution in [2.45, 2.75) is 13.3 Å². The van der Waals surface area contributed by atoms with Gasteiger partial charge in [-0.25, -0.2) is 5.06 Å². The molecule has 1 aliphatic rings. The Kier molecular flexibility index (Phi) is 4.35. The van der Waals surface area contributed by atoms with Gasteiger partial charge in [0.15, 0.2) is 0 Å². The van der Waals surface area contributed by atoms with Crippen LogP contribution in [0.1, 0.15) is 22.3 Å². The largest absolute Gasteiger partial charge is 0.343 e. The van der Waals surface area contributed by atoms with Crippen LogP contribution in [0.3, 0.4) is 0 Å². The summed E-state index contributed by atoms with van der Waals surface area (Å²) < 4.78 is 1.52. The molecular formula is C17H19N3O4. The van der Waals surface area contributed by atoms with E-state index in [2.05, 4.69) is 5.32 Å². The van der Waals surface area contributed by atoms with E-state index in [1.807, 2.05) is 12.1 Å². The summed E-state index contributed by atoms with van der Waals surface area (Å²) in [6.45, 7) is 2.50. The predicted molar refractivity (Wildman–Crippen MR) is 88.5 cm³/mol. The maximum Gasteiger partial charge on any atom is 0.265 e. The Balaban J connectivity index is 1.89. The molecule has 126 valence electrons. The number of carbonyl (C=O) groups is 2. The highest BCUT2D eigenvalue weighted by Gasteiger charge is 2.22. The number of aryl methyl sites for hydroxylation is 1. The van der Waals surface area contributed by atoms with Crippen molar-refractivity contribution in [2.24, 2.45) is 7.05 Å². The van der Waals surface area contributed by atoms with Gasteiger partial charge in [0, 0.05) is 18.0 Å². The van der Waals surface area contributed by atoms with E-state index in [0.717, 1.165) is 6.42 Å². The van der Waals surface area contributed by atoms with Crippen LogP contribution in [-0.2, 0) is 16.7 Å². The number of nitrogens with zero attached hydrogens (tertiary/aromatic N) is 2. The Morgan fingerprint density at radius 1 is 1.29 bits per heavy atom. The summed E-state index contributed by atoms with van der Waals surface area (Å²) in [6, 6.07) is 7.21. The number of para-hydroxylation sites is 1. The number of rotatable bonds is 3. The molecule has 1 N–H and O–H groups in total. The van der Waals surface area contributed by atoms with Gasteiger partial charge >= 0.3 is 0 Å². The third-order valence-corrected chi connectivity index (χ3v) is 4.19. The van der Waals surface area contributed by atoms with Crippen LogP contribution in [0.25, 0.3) is 10.9 Å². The highest BCUT2D eigenvalue weighted by atomic mass is 16.7. The number of aromatic nitrogens is 1. The molecule has 0 saturated carbocycles. The number of amides is 2. The number of hydroxylamine groups is 2. The summed E-state index contributed by atoms with van der Waals surface area (Å²) in [5.74, 6) is -0.736. The molecule has 0 aliphatic carbocycles. The Morgan fingerprint density at radius 2 is 2.04 bits per heavy atom. The number of pyridine rings is 1. The molecule has 1 saturated heterocycles. The van der Waals surface area contributed by atoms with Gasteiger partial charge in [-0.1, -0.05) is 18.2 Å². The first-order valence-corrected chi connectivity index (χ1v) is 7.80. The van der Waals surface area contributed by atoms with Crippen molar-refractivity contribution in [3.8, 4) is 0 Å². The molecule has 0 unspecified atom stereocenters. The second-order valence-electron chi connectivity index (χ2n) is 5.75. The van der Waals surface area contributed by atoms with Gasteiger partial charge in [0.1, 0.15) is 0 Å². The Morgan fingerprint density at radius 3 is 2.75 bits per heavy atom. The number of hydrogen-bond donors (Lipinski definition) is 1. The van der Waals surface area contributed by atoms with Gasteiger partial charge in [0.25, 0.3) is 17.4 Å². The van der Waals surface area contributed by atoms with Crippen LogP contribution in [0.4, 0.5) is 0 Å². The van der Waals surface area contributed by atoms with E-state index in [1.54, 1.807) is 26.1 Å². The van der Waals surface area contributed by atoms with Crippen LogP contribution in [-0.4, -0.2) is 41.1 Å². The highest BCUT2D eigenvalue weighted by Crippen LogP contribution is 2.19. The molecular weight excluding hydrogens is 310 g/mol. The van der Waals surface area contributed by atoms with Gasteiger partial charge in [0.2, 0.25) is 0 Å². The lowest BCUT2D eigenvalue weighted by atomic mass is 10.0. The minimum absolute atomic E-state index is 0.165. The van der Waals surface area contributed by atoms with Gasteiger partial charge in [-0.2, -0.15) is 0 Å². The lowest BCUT2D eigenvalue weighted by molar-refractivity contribution is -0.167. The zero-order chi connectivity index (χ0) is 17.3. The summed E-state index contributed by atoms with van der Waals surface area (Å²) in [5.41, 5.74) is 1.11. The van der Waals surface area contributed by atoms with E-state index in [-0.39, 0.29) is 18.0 Å². The lowest BCUT2D eigenvalue weighted by Crippen LogP contribution is -2.39. The van der Waals surface area contributed by atoms with Crippen LogP contribution in [0.5, 0.6) is 0 Å². The van der Waals surface area contributed by atoms with Crippen molar-refractivity contribution in [3.63, 3.8) is 0 Å². The van der Waals surface area contributed by atoms with E-state index < -0.39 is 5.91 Å². The van der Waals surface area contributed by atoms with Gasteiger partial charge in [-0.05, 0) is 19.4 Å². The van der Waals surface area contributed by atoms with Crippen LogP contribution in [0.2, 0.25) is 0 Å². The molecule has 2 aromatic rings. The van der Waals surface area contributed by atoms with Crippen LogP contribution < -0.4 is 10.9 Å². The fourth-order valence-electron chi connectivity index (χ4n) is 2.92.